The lowest BCUT2D eigenvalue weighted by molar-refractivity contribution is -0.142. The summed E-state index contributed by atoms with van der Waals surface area (Å²) in [5.74, 6) is -0.389. The number of nitrogens with one attached hydrogen (secondary N) is 1. The molecule has 1 aliphatic rings. The highest BCUT2D eigenvalue weighted by atomic mass is 16.7. The fourth-order valence-corrected chi connectivity index (χ4v) is 1.90. The van der Waals surface area contributed by atoms with E-state index < -0.39 is 17.9 Å². The van der Waals surface area contributed by atoms with Crippen molar-refractivity contribution in [1.29, 1.82) is 0 Å². The molecule has 0 radical (unpaired) electrons. The largest absolute Gasteiger partial charge is 0.480 e. The van der Waals surface area contributed by atoms with Crippen molar-refractivity contribution in [3.63, 3.8) is 0 Å². The lowest BCUT2D eigenvalue weighted by Crippen LogP contribution is -2.43. The Balaban J connectivity index is 2.00. The molecule has 1 aromatic rings. The van der Waals surface area contributed by atoms with Crippen LogP contribution in [-0.4, -0.2) is 29.8 Å². The van der Waals surface area contributed by atoms with Gasteiger partial charge < -0.3 is 19.9 Å². The van der Waals surface area contributed by atoms with E-state index in [1.54, 1.807) is 38.1 Å². The Morgan fingerprint density at radius 2 is 2.00 bits per heavy atom. The molecule has 1 amide bonds. The van der Waals surface area contributed by atoms with Crippen LogP contribution in [0.3, 0.4) is 0 Å². The van der Waals surface area contributed by atoms with Crippen LogP contribution < -0.4 is 14.8 Å². The number of rotatable bonds is 5. The van der Waals surface area contributed by atoms with E-state index >= 15 is 0 Å². The van der Waals surface area contributed by atoms with Gasteiger partial charge >= 0.3 is 5.97 Å². The topological polar surface area (TPSA) is 84.9 Å². The van der Waals surface area contributed by atoms with Crippen LogP contribution in [0.15, 0.2) is 24.3 Å². The normalized spacial score (nSPS) is 14.4. The quantitative estimate of drug-likeness (QED) is 0.806. The van der Waals surface area contributed by atoms with Gasteiger partial charge in [-0.25, -0.2) is 4.79 Å². The molecule has 0 aromatic heterocycles. The fourth-order valence-electron chi connectivity index (χ4n) is 1.90. The number of hydrogen-bond acceptors (Lipinski definition) is 4. The number of fused-ring (bicyclic) bond motifs is 1. The molecule has 0 fully saturated rings. The molecule has 0 unspecified atom stereocenters. The van der Waals surface area contributed by atoms with Gasteiger partial charge in [0.15, 0.2) is 11.5 Å². The predicted molar refractivity (Wildman–Crippen MR) is 76.0 cm³/mol. The molecule has 1 aliphatic heterocycles. The summed E-state index contributed by atoms with van der Waals surface area (Å²) < 4.78 is 10.4. The molecule has 2 rings (SSSR count). The molecule has 112 valence electrons. The van der Waals surface area contributed by atoms with Crippen molar-refractivity contribution < 1.29 is 24.2 Å². The van der Waals surface area contributed by atoms with Gasteiger partial charge in [-0.3, -0.25) is 4.79 Å². The van der Waals surface area contributed by atoms with E-state index in [1.807, 2.05) is 0 Å². The number of hydrogen-bond donors (Lipinski definition) is 2. The van der Waals surface area contributed by atoms with Gasteiger partial charge in [-0.2, -0.15) is 0 Å². The van der Waals surface area contributed by atoms with Crippen LogP contribution in [0.1, 0.15) is 19.4 Å². The zero-order chi connectivity index (χ0) is 15.4. The second-order valence-corrected chi connectivity index (χ2v) is 5.01. The van der Waals surface area contributed by atoms with Crippen LogP contribution in [0, 0.1) is 5.92 Å². The fraction of sp³-hybridized carbons (Fsp3) is 0.333. The van der Waals surface area contributed by atoms with Gasteiger partial charge in [0.2, 0.25) is 12.7 Å². The molecule has 1 heterocycles. The maximum absolute atomic E-state index is 11.8. The molecule has 0 saturated carbocycles. The molecule has 1 aromatic carbocycles. The first-order valence-electron chi connectivity index (χ1n) is 6.58. The Kier molecular flexibility index (Phi) is 4.47. The van der Waals surface area contributed by atoms with Gasteiger partial charge in [-0.1, -0.05) is 19.9 Å². The Labute approximate surface area is 122 Å². The number of carbonyl (C=O) groups excluding carboxylic acids is 1. The first-order chi connectivity index (χ1) is 9.97. The summed E-state index contributed by atoms with van der Waals surface area (Å²) in [6.45, 7) is 3.67. The summed E-state index contributed by atoms with van der Waals surface area (Å²) in [7, 11) is 0. The van der Waals surface area contributed by atoms with Crippen molar-refractivity contribution in [2.24, 2.45) is 5.92 Å². The van der Waals surface area contributed by atoms with Gasteiger partial charge in [0.05, 0.1) is 0 Å². The lowest BCUT2D eigenvalue weighted by atomic mass is 10.0. The molecule has 6 nitrogen and oxygen atoms in total. The number of carbonyl (C=O) groups is 2. The van der Waals surface area contributed by atoms with Crippen molar-refractivity contribution in [2.75, 3.05) is 6.79 Å². The van der Waals surface area contributed by atoms with Crippen molar-refractivity contribution in [3.05, 3.63) is 29.8 Å². The highest BCUT2D eigenvalue weighted by Gasteiger charge is 2.22. The van der Waals surface area contributed by atoms with Crippen molar-refractivity contribution in [2.45, 2.75) is 19.9 Å². The molecule has 2 N–H and O–H groups in total. The van der Waals surface area contributed by atoms with Crippen LogP contribution in [-0.2, 0) is 9.59 Å². The van der Waals surface area contributed by atoms with Gasteiger partial charge in [-0.15, -0.1) is 0 Å². The summed E-state index contributed by atoms with van der Waals surface area (Å²) in [6, 6.07) is 4.39. The Morgan fingerprint density at radius 3 is 2.67 bits per heavy atom. The van der Waals surface area contributed by atoms with E-state index in [0.717, 1.165) is 5.56 Å². The van der Waals surface area contributed by atoms with E-state index in [2.05, 4.69) is 5.32 Å². The minimum absolute atomic E-state index is 0.189. The van der Waals surface area contributed by atoms with Crippen molar-refractivity contribution in [1.82, 2.24) is 5.32 Å². The molecule has 0 spiro atoms. The SMILES string of the molecule is CC(C)[C@H](NC(=O)/C=C/c1ccc2c(c1)OCO2)C(=O)O. The highest BCUT2D eigenvalue weighted by Crippen LogP contribution is 2.32. The monoisotopic (exact) mass is 291 g/mol. The van der Waals surface area contributed by atoms with Gasteiger partial charge in [0.25, 0.3) is 0 Å². The van der Waals surface area contributed by atoms with E-state index in [9.17, 15) is 9.59 Å². The van der Waals surface area contributed by atoms with Crippen LogP contribution in [0.5, 0.6) is 11.5 Å². The number of aliphatic carboxylic acids is 1. The van der Waals surface area contributed by atoms with Crippen LogP contribution in [0.2, 0.25) is 0 Å². The first kappa shape index (κ1) is 14.9. The average molecular weight is 291 g/mol. The third-order valence-corrected chi connectivity index (χ3v) is 3.05. The van der Waals surface area contributed by atoms with Crippen molar-refractivity contribution in [3.8, 4) is 11.5 Å². The molecule has 6 heteroatoms. The molecule has 21 heavy (non-hydrogen) atoms. The van der Waals surface area contributed by atoms with Gasteiger partial charge in [-0.05, 0) is 29.7 Å². The van der Waals surface area contributed by atoms with E-state index in [-0.39, 0.29) is 12.7 Å². The standard InChI is InChI=1S/C15H17NO5/c1-9(2)14(15(18)19)16-13(17)6-4-10-3-5-11-12(7-10)21-8-20-11/h3-7,9,14H,8H2,1-2H3,(H,16,17)(H,18,19)/b6-4+/t14-/m0/s1. The average Bonchev–Trinajstić information content (AvgIpc) is 2.89. The zero-order valence-corrected chi connectivity index (χ0v) is 11.8. The molecular formula is C15H17NO5. The number of benzene rings is 1. The smallest absolute Gasteiger partial charge is 0.326 e. The number of carboxylic acid groups (broad SMARTS) is 1. The highest BCUT2D eigenvalue weighted by molar-refractivity contribution is 5.94. The summed E-state index contributed by atoms with van der Waals surface area (Å²) in [6.07, 6.45) is 2.90. The summed E-state index contributed by atoms with van der Waals surface area (Å²) in [4.78, 5) is 22.8. The zero-order valence-electron chi connectivity index (χ0n) is 11.8. The summed E-state index contributed by atoms with van der Waals surface area (Å²) >= 11 is 0. The van der Waals surface area contributed by atoms with Gasteiger partial charge in [0, 0.05) is 6.08 Å². The van der Waals surface area contributed by atoms with Crippen LogP contribution >= 0.6 is 0 Å². The van der Waals surface area contributed by atoms with Crippen molar-refractivity contribution >= 4 is 18.0 Å². The van der Waals surface area contributed by atoms with Crippen LogP contribution in [0.25, 0.3) is 6.08 Å². The van der Waals surface area contributed by atoms with E-state index in [0.29, 0.717) is 11.5 Å². The molecule has 1 atom stereocenters. The maximum Gasteiger partial charge on any atom is 0.326 e. The second-order valence-electron chi connectivity index (χ2n) is 5.01. The molecule has 0 saturated heterocycles. The third kappa shape index (κ3) is 3.75. The summed E-state index contributed by atoms with van der Waals surface area (Å²) in [5.41, 5.74) is 0.769. The molecule has 0 bridgehead atoms. The lowest BCUT2D eigenvalue weighted by Gasteiger charge is -2.16. The number of ether oxygens (including phenoxy) is 2. The maximum atomic E-state index is 11.8. The third-order valence-electron chi connectivity index (χ3n) is 3.05. The summed E-state index contributed by atoms with van der Waals surface area (Å²) in [5, 5.41) is 11.5. The Morgan fingerprint density at radius 1 is 1.29 bits per heavy atom. The molecule has 0 aliphatic carbocycles. The van der Waals surface area contributed by atoms with E-state index in [4.69, 9.17) is 14.6 Å². The second kappa shape index (κ2) is 6.30. The minimum Gasteiger partial charge on any atom is -0.480 e. The van der Waals surface area contributed by atoms with E-state index in [1.165, 1.54) is 6.08 Å². The van der Waals surface area contributed by atoms with Crippen LogP contribution in [0.4, 0.5) is 0 Å². The minimum atomic E-state index is -1.05. The molecular weight excluding hydrogens is 274 g/mol. The predicted octanol–water partition coefficient (Wildman–Crippen LogP) is 1.65. The first-order valence-corrected chi connectivity index (χ1v) is 6.58. The number of amides is 1. The van der Waals surface area contributed by atoms with Gasteiger partial charge in [0.1, 0.15) is 6.04 Å². The number of carboxylic acids is 1. The Hall–Kier alpha value is -2.50. The Bertz CT molecular complexity index is 579.